The Morgan fingerprint density at radius 1 is 1.14 bits per heavy atom. The second-order valence-electron chi connectivity index (χ2n) is 6.93. The molecule has 1 saturated heterocycles. The number of fused-ring (bicyclic) bond motifs is 1. The molecule has 4 rings (SSSR count). The molecule has 5 nitrogen and oxygen atoms in total. The van der Waals surface area contributed by atoms with E-state index in [2.05, 4.69) is 9.97 Å². The summed E-state index contributed by atoms with van der Waals surface area (Å²) >= 11 is 12.1. The van der Waals surface area contributed by atoms with E-state index in [1.807, 2.05) is 0 Å². The highest BCUT2D eigenvalue weighted by Crippen LogP contribution is 2.28. The van der Waals surface area contributed by atoms with Crippen molar-refractivity contribution in [2.24, 2.45) is 0 Å². The van der Waals surface area contributed by atoms with Crippen molar-refractivity contribution in [2.45, 2.75) is 25.3 Å². The molecular weight excluding hydrogens is 423 g/mol. The van der Waals surface area contributed by atoms with Gasteiger partial charge in [-0.2, -0.15) is 0 Å². The second-order valence-corrected chi connectivity index (χ2v) is 7.80. The predicted molar refractivity (Wildman–Crippen MR) is 105 cm³/mol. The van der Waals surface area contributed by atoms with Gasteiger partial charge in [-0.1, -0.05) is 23.2 Å². The van der Waals surface area contributed by atoms with E-state index in [1.54, 1.807) is 23.1 Å². The maximum atomic E-state index is 13.9. The third kappa shape index (κ3) is 3.97. The van der Waals surface area contributed by atoms with Crippen molar-refractivity contribution in [3.05, 3.63) is 63.3 Å². The van der Waals surface area contributed by atoms with Crippen molar-refractivity contribution in [2.75, 3.05) is 6.54 Å². The number of aromatic nitrogens is 2. The minimum absolute atomic E-state index is 0.138. The fraction of sp³-hybridized carbons (Fsp3) is 0.250. The summed E-state index contributed by atoms with van der Waals surface area (Å²) in [6.07, 6.45) is 2.05. The monoisotopic (exact) mass is 437 g/mol. The molecule has 2 heterocycles. The number of benzene rings is 2. The Balaban J connectivity index is 1.65. The van der Waals surface area contributed by atoms with Crippen LogP contribution in [0, 0.1) is 11.6 Å². The van der Waals surface area contributed by atoms with Crippen LogP contribution in [0.2, 0.25) is 10.0 Å². The van der Waals surface area contributed by atoms with Gasteiger partial charge < -0.3 is 10.0 Å². The molecule has 1 N–H and O–H groups in total. The van der Waals surface area contributed by atoms with Crippen molar-refractivity contribution in [3.8, 4) is 5.88 Å². The summed E-state index contributed by atoms with van der Waals surface area (Å²) in [6.45, 7) is 0.467. The molecule has 0 aliphatic carbocycles. The van der Waals surface area contributed by atoms with Crippen LogP contribution in [-0.4, -0.2) is 38.5 Å². The third-order valence-corrected chi connectivity index (χ3v) is 5.34. The van der Waals surface area contributed by atoms with E-state index in [9.17, 15) is 18.7 Å². The van der Waals surface area contributed by atoms with Gasteiger partial charge >= 0.3 is 0 Å². The summed E-state index contributed by atoms with van der Waals surface area (Å²) in [4.78, 5) is 22.3. The van der Waals surface area contributed by atoms with Gasteiger partial charge in [0.05, 0.1) is 5.52 Å². The van der Waals surface area contributed by atoms with Crippen molar-refractivity contribution in [1.82, 2.24) is 14.9 Å². The molecular formula is C20H15Cl2F2N3O2. The van der Waals surface area contributed by atoms with E-state index in [-0.39, 0.29) is 22.8 Å². The van der Waals surface area contributed by atoms with Gasteiger partial charge in [-0.15, -0.1) is 0 Å². The van der Waals surface area contributed by atoms with Gasteiger partial charge in [0.1, 0.15) is 11.3 Å². The highest BCUT2D eigenvalue weighted by atomic mass is 35.5. The molecule has 1 amide bonds. The number of likely N-dealkylation sites (tertiary alicyclic amines) is 1. The van der Waals surface area contributed by atoms with Crippen molar-refractivity contribution in [1.29, 1.82) is 0 Å². The molecule has 0 saturated carbocycles. The number of hydrogen-bond acceptors (Lipinski definition) is 4. The Bertz CT molecular complexity index is 1110. The topological polar surface area (TPSA) is 66.3 Å². The first-order valence-electron chi connectivity index (χ1n) is 8.93. The molecule has 1 unspecified atom stereocenters. The standard InChI is InChI=1S/C20H15Cl2F2N3O2/c21-11-4-10(5-12(22)7-11)6-14-2-1-3-27(14)20(29)18-19(28)26-17-15(24)8-13(23)9-16(17)25-18/h4-5,7-9,14H,1-3,6H2,(H,26,28). The third-order valence-electron chi connectivity index (χ3n) is 4.90. The number of amides is 1. The summed E-state index contributed by atoms with van der Waals surface area (Å²) in [5, 5.41) is 11.2. The molecule has 3 aromatic rings. The number of nitrogens with zero attached hydrogens (tertiary/aromatic N) is 3. The van der Waals surface area contributed by atoms with Gasteiger partial charge in [0, 0.05) is 34.8 Å². The lowest BCUT2D eigenvalue weighted by atomic mass is 10.0. The van der Waals surface area contributed by atoms with Crippen LogP contribution >= 0.6 is 23.2 Å². The van der Waals surface area contributed by atoms with Crippen LogP contribution in [-0.2, 0) is 6.42 Å². The zero-order chi connectivity index (χ0) is 20.7. The average Bonchev–Trinajstić information content (AvgIpc) is 3.08. The molecule has 1 aromatic heterocycles. The molecule has 1 aliphatic rings. The summed E-state index contributed by atoms with van der Waals surface area (Å²) in [5.41, 5.74) is 0.108. The van der Waals surface area contributed by atoms with Crippen LogP contribution in [0.25, 0.3) is 11.0 Å². The summed E-state index contributed by atoms with van der Waals surface area (Å²) in [7, 11) is 0. The van der Waals surface area contributed by atoms with Gasteiger partial charge in [0.2, 0.25) is 5.88 Å². The average molecular weight is 438 g/mol. The van der Waals surface area contributed by atoms with Crippen LogP contribution in [0.1, 0.15) is 28.9 Å². The normalized spacial score (nSPS) is 16.6. The molecule has 1 atom stereocenters. The summed E-state index contributed by atoms with van der Waals surface area (Å²) < 4.78 is 27.4. The zero-order valence-electron chi connectivity index (χ0n) is 15.0. The predicted octanol–water partition coefficient (Wildman–Crippen LogP) is 4.77. The van der Waals surface area contributed by atoms with E-state index in [0.717, 1.165) is 24.5 Å². The van der Waals surface area contributed by atoms with E-state index in [4.69, 9.17) is 23.2 Å². The lowest BCUT2D eigenvalue weighted by Crippen LogP contribution is -2.37. The van der Waals surface area contributed by atoms with E-state index in [1.165, 1.54) is 0 Å². The maximum absolute atomic E-state index is 13.9. The number of halogens is 4. The number of rotatable bonds is 3. The van der Waals surface area contributed by atoms with Crippen LogP contribution < -0.4 is 0 Å². The molecule has 29 heavy (non-hydrogen) atoms. The van der Waals surface area contributed by atoms with E-state index < -0.39 is 23.4 Å². The minimum Gasteiger partial charge on any atom is -0.492 e. The molecule has 2 aromatic carbocycles. The van der Waals surface area contributed by atoms with Crippen LogP contribution in [0.15, 0.2) is 30.3 Å². The first-order valence-corrected chi connectivity index (χ1v) is 9.69. The number of hydrogen-bond donors (Lipinski definition) is 1. The lowest BCUT2D eigenvalue weighted by Gasteiger charge is -2.25. The van der Waals surface area contributed by atoms with E-state index >= 15 is 0 Å². The highest BCUT2D eigenvalue weighted by molar-refractivity contribution is 6.34. The maximum Gasteiger partial charge on any atom is 0.278 e. The van der Waals surface area contributed by atoms with Crippen molar-refractivity contribution in [3.63, 3.8) is 0 Å². The first-order chi connectivity index (χ1) is 13.8. The van der Waals surface area contributed by atoms with Gasteiger partial charge in [-0.05, 0) is 43.0 Å². The highest BCUT2D eigenvalue weighted by Gasteiger charge is 2.32. The van der Waals surface area contributed by atoms with Crippen molar-refractivity contribution < 1.29 is 18.7 Å². The quantitative estimate of drug-likeness (QED) is 0.640. The fourth-order valence-electron chi connectivity index (χ4n) is 3.67. The van der Waals surface area contributed by atoms with Crippen LogP contribution in [0.3, 0.4) is 0 Å². The van der Waals surface area contributed by atoms with Gasteiger partial charge in [-0.3, -0.25) is 4.79 Å². The molecule has 1 aliphatic heterocycles. The van der Waals surface area contributed by atoms with Gasteiger partial charge in [0.15, 0.2) is 11.5 Å². The lowest BCUT2D eigenvalue weighted by molar-refractivity contribution is 0.0726. The molecule has 0 radical (unpaired) electrons. The van der Waals surface area contributed by atoms with Gasteiger partial charge in [-0.25, -0.2) is 18.7 Å². The Hall–Kier alpha value is -2.51. The summed E-state index contributed by atoms with van der Waals surface area (Å²) in [5.74, 6) is -3.04. The first kappa shape index (κ1) is 19.8. The Morgan fingerprint density at radius 2 is 1.86 bits per heavy atom. The van der Waals surface area contributed by atoms with Gasteiger partial charge in [0.25, 0.3) is 5.91 Å². The SMILES string of the molecule is O=C(c1nc2cc(F)cc(F)c2nc1O)N1CCCC1Cc1cc(Cl)cc(Cl)c1. The van der Waals surface area contributed by atoms with E-state index in [0.29, 0.717) is 29.1 Å². The zero-order valence-corrected chi connectivity index (χ0v) is 16.5. The number of carbonyl (C=O) groups excluding carboxylic acids is 1. The van der Waals surface area contributed by atoms with Crippen molar-refractivity contribution >= 4 is 40.1 Å². The smallest absolute Gasteiger partial charge is 0.278 e. The molecule has 0 spiro atoms. The number of carbonyl (C=O) groups is 1. The fourth-order valence-corrected chi connectivity index (χ4v) is 4.24. The van der Waals surface area contributed by atoms with Crippen LogP contribution in [0.5, 0.6) is 5.88 Å². The molecule has 150 valence electrons. The molecule has 0 bridgehead atoms. The largest absolute Gasteiger partial charge is 0.492 e. The Labute approximate surface area is 174 Å². The minimum atomic E-state index is -0.960. The summed E-state index contributed by atoms with van der Waals surface area (Å²) in [6, 6.07) is 6.66. The second kappa shape index (κ2) is 7.72. The number of aromatic hydroxyl groups is 1. The van der Waals surface area contributed by atoms with Crippen LogP contribution in [0.4, 0.5) is 8.78 Å². The Morgan fingerprint density at radius 3 is 2.59 bits per heavy atom. The molecule has 1 fully saturated rings. The molecule has 9 heteroatoms. The Kier molecular flexibility index (Phi) is 5.27.